The Morgan fingerprint density at radius 2 is 1.04 bits per heavy atom. The Hall–Kier alpha value is -1.96. The van der Waals surface area contributed by atoms with E-state index in [9.17, 15) is 0 Å². The first-order valence-electron chi connectivity index (χ1n) is 10.9. The lowest BCUT2D eigenvalue weighted by Crippen LogP contribution is -2.43. The molecule has 28 heavy (non-hydrogen) atoms. The SMILES string of the molecule is CC(C)(C)c1ccc2c(c1)N[C@H]([C@@H]1CCc3ccc(C(C)(C)C)cc3N1)CC2. The Labute approximate surface area is 171 Å². The zero-order chi connectivity index (χ0) is 20.1. The van der Waals surface area contributed by atoms with Gasteiger partial charge in [-0.05, 0) is 70.9 Å². The van der Waals surface area contributed by atoms with Gasteiger partial charge in [-0.25, -0.2) is 0 Å². The summed E-state index contributed by atoms with van der Waals surface area (Å²) in [4.78, 5) is 0. The van der Waals surface area contributed by atoms with E-state index in [2.05, 4.69) is 88.6 Å². The smallest absolute Gasteiger partial charge is 0.0466 e. The third-order valence-corrected chi connectivity index (χ3v) is 6.57. The standard InChI is InChI=1S/C26H36N2/c1-25(2,3)19-11-7-17-9-13-21(27-23(17)15-19)22-14-10-18-8-12-20(26(4,5)6)16-24(18)28-22/h7-8,11-12,15-16,21-22,27-28H,9-10,13-14H2,1-6H3/t21-,22-/m0/s1. The number of nitrogens with one attached hydrogen (secondary N) is 2. The number of hydrogen-bond acceptors (Lipinski definition) is 2. The van der Waals surface area contributed by atoms with Crippen molar-refractivity contribution in [3.8, 4) is 0 Å². The number of benzene rings is 2. The van der Waals surface area contributed by atoms with Gasteiger partial charge in [-0.15, -0.1) is 0 Å². The van der Waals surface area contributed by atoms with Crippen LogP contribution < -0.4 is 10.6 Å². The second-order valence-corrected chi connectivity index (χ2v) is 10.8. The van der Waals surface area contributed by atoms with Crippen molar-refractivity contribution in [2.75, 3.05) is 10.6 Å². The van der Waals surface area contributed by atoms with Crippen LogP contribution in [0.4, 0.5) is 11.4 Å². The number of hydrogen-bond donors (Lipinski definition) is 2. The average Bonchev–Trinajstić information content (AvgIpc) is 2.64. The Bertz CT molecular complexity index is 793. The minimum absolute atomic E-state index is 0.190. The van der Waals surface area contributed by atoms with Crippen LogP contribution in [0.3, 0.4) is 0 Å². The molecule has 2 aliphatic heterocycles. The molecule has 0 amide bonds. The van der Waals surface area contributed by atoms with Crippen LogP contribution in [0.2, 0.25) is 0 Å². The fourth-order valence-corrected chi connectivity index (χ4v) is 4.56. The molecule has 2 N–H and O–H groups in total. The highest BCUT2D eigenvalue weighted by Crippen LogP contribution is 2.36. The predicted molar refractivity (Wildman–Crippen MR) is 122 cm³/mol. The third-order valence-electron chi connectivity index (χ3n) is 6.57. The van der Waals surface area contributed by atoms with Crippen LogP contribution in [-0.2, 0) is 23.7 Å². The monoisotopic (exact) mass is 376 g/mol. The molecule has 2 heterocycles. The summed E-state index contributed by atoms with van der Waals surface area (Å²) in [6.07, 6.45) is 4.75. The summed E-state index contributed by atoms with van der Waals surface area (Å²) in [5.74, 6) is 0. The van der Waals surface area contributed by atoms with Crippen LogP contribution in [-0.4, -0.2) is 12.1 Å². The van der Waals surface area contributed by atoms with E-state index in [1.54, 1.807) is 0 Å². The molecule has 0 fully saturated rings. The molecule has 4 rings (SSSR count). The Morgan fingerprint density at radius 1 is 0.643 bits per heavy atom. The van der Waals surface area contributed by atoms with Crippen molar-refractivity contribution in [3.63, 3.8) is 0 Å². The summed E-state index contributed by atoms with van der Waals surface area (Å²) in [6, 6.07) is 15.0. The number of aryl methyl sites for hydroxylation is 2. The van der Waals surface area contributed by atoms with E-state index in [-0.39, 0.29) is 10.8 Å². The van der Waals surface area contributed by atoms with Gasteiger partial charge in [-0.3, -0.25) is 0 Å². The van der Waals surface area contributed by atoms with Gasteiger partial charge in [0.2, 0.25) is 0 Å². The molecule has 2 aliphatic rings. The van der Waals surface area contributed by atoms with Crippen molar-refractivity contribution in [2.45, 2.75) is 90.1 Å². The summed E-state index contributed by atoms with van der Waals surface area (Å²) >= 11 is 0. The van der Waals surface area contributed by atoms with E-state index in [0.29, 0.717) is 12.1 Å². The number of anilines is 2. The van der Waals surface area contributed by atoms with Crippen LogP contribution >= 0.6 is 0 Å². The number of fused-ring (bicyclic) bond motifs is 2. The largest absolute Gasteiger partial charge is 0.380 e. The molecule has 2 atom stereocenters. The van der Waals surface area contributed by atoms with Gasteiger partial charge in [0, 0.05) is 23.5 Å². The van der Waals surface area contributed by atoms with E-state index in [4.69, 9.17) is 0 Å². The molecular formula is C26H36N2. The highest BCUT2D eigenvalue weighted by molar-refractivity contribution is 5.60. The molecule has 0 radical (unpaired) electrons. The first-order valence-corrected chi connectivity index (χ1v) is 10.9. The molecule has 2 heteroatoms. The lowest BCUT2D eigenvalue weighted by molar-refractivity contribution is 0.500. The van der Waals surface area contributed by atoms with Crippen molar-refractivity contribution < 1.29 is 0 Å². The van der Waals surface area contributed by atoms with E-state index < -0.39 is 0 Å². The summed E-state index contributed by atoms with van der Waals surface area (Å²) in [5, 5.41) is 7.78. The number of rotatable bonds is 1. The minimum atomic E-state index is 0.190. The highest BCUT2D eigenvalue weighted by atomic mass is 15.0. The fraction of sp³-hybridized carbons (Fsp3) is 0.538. The summed E-state index contributed by atoms with van der Waals surface area (Å²) < 4.78 is 0. The Kier molecular flexibility index (Phi) is 4.72. The normalized spacial score (nSPS) is 21.9. The average molecular weight is 377 g/mol. The summed E-state index contributed by atoms with van der Waals surface area (Å²) in [6.45, 7) is 13.8. The molecule has 0 spiro atoms. The molecular weight excluding hydrogens is 340 g/mol. The lowest BCUT2D eigenvalue weighted by Gasteiger charge is -2.38. The molecule has 0 unspecified atom stereocenters. The molecule has 2 aromatic rings. The van der Waals surface area contributed by atoms with Gasteiger partial charge >= 0.3 is 0 Å². The Balaban J connectivity index is 1.54. The first kappa shape index (κ1) is 19.4. The van der Waals surface area contributed by atoms with Gasteiger partial charge in [-0.1, -0.05) is 65.8 Å². The fourth-order valence-electron chi connectivity index (χ4n) is 4.56. The van der Waals surface area contributed by atoms with Crippen LogP contribution in [0.5, 0.6) is 0 Å². The summed E-state index contributed by atoms with van der Waals surface area (Å²) in [5.41, 5.74) is 8.84. The summed E-state index contributed by atoms with van der Waals surface area (Å²) in [7, 11) is 0. The second kappa shape index (κ2) is 6.83. The maximum atomic E-state index is 3.89. The zero-order valence-electron chi connectivity index (χ0n) is 18.4. The van der Waals surface area contributed by atoms with Gasteiger partial charge in [0.25, 0.3) is 0 Å². The molecule has 0 bridgehead atoms. The third kappa shape index (κ3) is 3.79. The maximum absolute atomic E-state index is 3.89. The molecule has 150 valence electrons. The van der Waals surface area contributed by atoms with Gasteiger partial charge in [0.1, 0.15) is 0 Å². The van der Waals surface area contributed by atoms with Gasteiger partial charge in [0.15, 0.2) is 0 Å². The van der Waals surface area contributed by atoms with Crippen LogP contribution in [0.25, 0.3) is 0 Å². The predicted octanol–water partition coefficient (Wildman–Crippen LogP) is 6.44. The van der Waals surface area contributed by atoms with E-state index in [1.807, 2.05) is 0 Å². The molecule has 2 nitrogen and oxygen atoms in total. The first-order chi connectivity index (χ1) is 13.1. The Morgan fingerprint density at radius 3 is 1.39 bits per heavy atom. The molecule has 0 saturated heterocycles. The van der Waals surface area contributed by atoms with E-state index in [0.717, 1.165) is 0 Å². The van der Waals surface area contributed by atoms with Crippen molar-refractivity contribution in [1.82, 2.24) is 0 Å². The molecule has 0 aromatic heterocycles. The maximum Gasteiger partial charge on any atom is 0.0466 e. The van der Waals surface area contributed by atoms with Crippen molar-refractivity contribution in [3.05, 3.63) is 58.7 Å². The van der Waals surface area contributed by atoms with Crippen molar-refractivity contribution in [2.24, 2.45) is 0 Å². The van der Waals surface area contributed by atoms with Gasteiger partial charge in [-0.2, -0.15) is 0 Å². The molecule has 0 saturated carbocycles. The zero-order valence-corrected chi connectivity index (χ0v) is 18.4. The van der Waals surface area contributed by atoms with Crippen LogP contribution in [0.1, 0.15) is 76.6 Å². The van der Waals surface area contributed by atoms with Crippen molar-refractivity contribution >= 4 is 11.4 Å². The molecule has 0 aliphatic carbocycles. The lowest BCUT2D eigenvalue weighted by atomic mass is 9.82. The van der Waals surface area contributed by atoms with Crippen LogP contribution in [0, 0.1) is 0 Å². The van der Waals surface area contributed by atoms with Crippen molar-refractivity contribution in [1.29, 1.82) is 0 Å². The van der Waals surface area contributed by atoms with Gasteiger partial charge < -0.3 is 10.6 Å². The molecule has 2 aromatic carbocycles. The van der Waals surface area contributed by atoms with E-state index >= 15 is 0 Å². The minimum Gasteiger partial charge on any atom is -0.380 e. The van der Waals surface area contributed by atoms with E-state index in [1.165, 1.54) is 59.3 Å². The quantitative estimate of drug-likeness (QED) is 0.599. The van der Waals surface area contributed by atoms with Crippen LogP contribution in [0.15, 0.2) is 36.4 Å². The topological polar surface area (TPSA) is 24.1 Å². The van der Waals surface area contributed by atoms with Gasteiger partial charge in [0.05, 0.1) is 0 Å². The second-order valence-electron chi connectivity index (χ2n) is 10.8. The highest BCUT2D eigenvalue weighted by Gasteiger charge is 2.30.